The second-order valence-electron chi connectivity index (χ2n) is 10.2. The van der Waals surface area contributed by atoms with Crippen molar-refractivity contribution in [2.45, 2.75) is 10.9 Å². The first-order valence-electron chi connectivity index (χ1n) is 14.0. The van der Waals surface area contributed by atoms with Gasteiger partial charge in [-0.05, 0) is 65.8 Å². The lowest BCUT2D eigenvalue weighted by Gasteiger charge is -2.39. The zero-order valence-corrected chi connectivity index (χ0v) is 25.7. The van der Waals surface area contributed by atoms with Crippen LogP contribution < -0.4 is 10.6 Å². The minimum Gasteiger partial charge on any atom is -0.465 e. The first-order chi connectivity index (χ1) is 21.3. The summed E-state index contributed by atoms with van der Waals surface area (Å²) in [6.45, 7) is 1.91. The maximum atomic E-state index is 13.5. The Hall–Kier alpha value is -4.42. The Bertz CT molecular complexity index is 1690. The van der Waals surface area contributed by atoms with Crippen molar-refractivity contribution in [3.63, 3.8) is 0 Å². The summed E-state index contributed by atoms with van der Waals surface area (Å²) >= 11 is 5.27. The largest absolute Gasteiger partial charge is 0.465 e. The Morgan fingerprint density at radius 3 is 1.91 bits per heavy atom. The molecule has 0 atom stereocenters. The first kappa shape index (κ1) is 31.0. The molecule has 1 aliphatic heterocycles. The maximum absolute atomic E-state index is 13.5. The Morgan fingerprint density at radius 2 is 1.34 bits per heavy atom. The standard InChI is InChI=1S/C33H32N4O5S2/c1-42-32(39)27-14-8-13-26(23-27)31(38)35-33(43)34-28-15-17-29(18-16-28)44(40,41)37-21-19-36(20-22-37)30(24-9-4-2-5-10-24)25-11-6-3-7-12-25/h2-18,23,30H,19-22H2,1H3,(H2,34,35,38,43). The van der Waals surface area contributed by atoms with Crippen molar-refractivity contribution in [1.29, 1.82) is 0 Å². The van der Waals surface area contributed by atoms with E-state index >= 15 is 0 Å². The van der Waals surface area contributed by atoms with Crippen LogP contribution >= 0.6 is 12.2 Å². The van der Waals surface area contributed by atoms with Crippen LogP contribution in [-0.2, 0) is 14.8 Å². The van der Waals surface area contributed by atoms with Crippen LogP contribution in [-0.4, -0.2) is 67.9 Å². The van der Waals surface area contributed by atoms with Crippen molar-refractivity contribution in [2.24, 2.45) is 0 Å². The van der Waals surface area contributed by atoms with Crippen molar-refractivity contribution in [3.05, 3.63) is 131 Å². The molecule has 0 radical (unpaired) electrons. The molecule has 0 aliphatic carbocycles. The van der Waals surface area contributed by atoms with Gasteiger partial charge >= 0.3 is 5.97 Å². The highest BCUT2D eigenvalue weighted by molar-refractivity contribution is 7.89. The summed E-state index contributed by atoms with van der Waals surface area (Å²) in [5.74, 6) is -1.06. The SMILES string of the molecule is COC(=O)c1cccc(C(=O)NC(=S)Nc2ccc(S(=O)(=O)N3CCN(C(c4ccccc4)c4ccccc4)CC3)cc2)c1. The topological polar surface area (TPSA) is 108 Å². The summed E-state index contributed by atoms with van der Waals surface area (Å²) in [7, 11) is -2.45. The van der Waals surface area contributed by atoms with Crippen LogP contribution in [0.3, 0.4) is 0 Å². The van der Waals surface area contributed by atoms with E-state index in [1.165, 1.54) is 40.7 Å². The molecule has 0 bridgehead atoms. The molecule has 11 heteroatoms. The molecule has 0 unspecified atom stereocenters. The third-order valence-corrected chi connectivity index (χ3v) is 9.51. The molecule has 4 aromatic carbocycles. The average molecular weight is 629 g/mol. The number of carbonyl (C=O) groups is 2. The fourth-order valence-corrected chi connectivity index (χ4v) is 6.82. The molecule has 44 heavy (non-hydrogen) atoms. The van der Waals surface area contributed by atoms with Gasteiger partial charge in [-0.3, -0.25) is 15.0 Å². The summed E-state index contributed by atoms with van der Waals surface area (Å²) in [5, 5.41) is 5.48. The Balaban J connectivity index is 1.20. The highest BCUT2D eigenvalue weighted by atomic mass is 32.2. The minimum absolute atomic E-state index is 0.0246. The van der Waals surface area contributed by atoms with Gasteiger partial charge in [0.05, 0.1) is 23.6 Å². The number of piperazine rings is 1. The van der Waals surface area contributed by atoms with E-state index in [9.17, 15) is 18.0 Å². The van der Waals surface area contributed by atoms with Crippen molar-refractivity contribution in [1.82, 2.24) is 14.5 Å². The van der Waals surface area contributed by atoms with E-state index in [0.29, 0.717) is 31.9 Å². The number of thiocarbonyl (C=S) groups is 1. The van der Waals surface area contributed by atoms with Crippen LogP contribution in [0.1, 0.15) is 37.9 Å². The molecule has 9 nitrogen and oxygen atoms in total. The fraction of sp³-hybridized carbons (Fsp3) is 0.182. The van der Waals surface area contributed by atoms with Crippen LogP contribution in [0.15, 0.2) is 114 Å². The zero-order valence-electron chi connectivity index (χ0n) is 24.1. The zero-order chi connectivity index (χ0) is 31.1. The minimum atomic E-state index is -3.72. The van der Waals surface area contributed by atoms with Crippen molar-refractivity contribution in [3.8, 4) is 0 Å². The number of nitrogens with one attached hydrogen (secondary N) is 2. The van der Waals surface area contributed by atoms with Gasteiger partial charge in [0.2, 0.25) is 10.0 Å². The number of methoxy groups -OCH3 is 1. The molecule has 0 aromatic heterocycles. The van der Waals surface area contributed by atoms with Crippen molar-refractivity contribution in [2.75, 3.05) is 38.6 Å². The summed E-state index contributed by atoms with van der Waals surface area (Å²) in [5.41, 5.74) is 3.32. The molecule has 0 spiro atoms. The smallest absolute Gasteiger partial charge is 0.337 e. The molecule has 5 rings (SSSR count). The summed E-state index contributed by atoms with van der Waals surface area (Å²) in [6.07, 6.45) is 0. The normalized spacial score (nSPS) is 14.1. The number of ether oxygens (including phenoxy) is 1. The average Bonchev–Trinajstić information content (AvgIpc) is 3.06. The number of nitrogens with zero attached hydrogens (tertiary/aromatic N) is 2. The summed E-state index contributed by atoms with van der Waals surface area (Å²) in [6, 6.07) is 32.9. The van der Waals surface area contributed by atoms with E-state index in [0.717, 1.165) is 0 Å². The van der Waals surface area contributed by atoms with Crippen LogP contribution in [0, 0.1) is 0 Å². The molecule has 1 fully saturated rings. The van der Waals surface area contributed by atoms with Crippen LogP contribution in [0.25, 0.3) is 0 Å². The number of amides is 1. The van der Waals surface area contributed by atoms with E-state index in [2.05, 4.69) is 39.8 Å². The number of esters is 1. The van der Waals surface area contributed by atoms with E-state index in [1.54, 1.807) is 30.3 Å². The lowest BCUT2D eigenvalue weighted by atomic mass is 9.96. The first-order valence-corrected chi connectivity index (χ1v) is 15.9. The van der Waals surface area contributed by atoms with Crippen LogP contribution in [0.5, 0.6) is 0 Å². The summed E-state index contributed by atoms with van der Waals surface area (Å²) < 4.78 is 33.2. The van der Waals surface area contributed by atoms with Crippen molar-refractivity contribution >= 4 is 44.9 Å². The predicted molar refractivity (Wildman–Crippen MR) is 173 cm³/mol. The van der Waals surface area contributed by atoms with Gasteiger partial charge in [-0.15, -0.1) is 0 Å². The lowest BCUT2D eigenvalue weighted by molar-refractivity contribution is 0.0600. The third-order valence-electron chi connectivity index (χ3n) is 7.39. The molecular weight excluding hydrogens is 597 g/mol. The highest BCUT2D eigenvalue weighted by Crippen LogP contribution is 2.30. The van der Waals surface area contributed by atoms with E-state index in [1.807, 2.05) is 36.4 Å². The number of hydrogen-bond acceptors (Lipinski definition) is 7. The number of hydrogen-bond donors (Lipinski definition) is 2. The maximum Gasteiger partial charge on any atom is 0.337 e. The predicted octanol–water partition coefficient (Wildman–Crippen LogP) is 4.70. The van der Waals surface area contributed by atoms with Gasteiger partial charge in [-0.2, -0.15) is 4.31 Å². The van der Waals surface area contributed by atoms with Gasteiger partial charge in [0.15, 0.2) is 5.11 Å². The van der Waals surface area contributed by atoms with Crippen LogP contribution in [0.2, 0.25) is 0 Å². The van der Waals surface area contributed by atoms with Gasteiger partial charge in [0.25, 0.3) is 5.91 Å². The number of sulfonamides is 1. The highest BCUT2D eigenvalue weighted by Gasteiger charge is 2.32. The van der Waals surface area contributed by atoms with Gasteiger partial charge in [0.1, 0.15) is 0 Å². The van der Waals surface area contributed by atoms with Crippen LogP contribution in [0.4, 0.5) is 5.69 Å². The van der Waals surface area contributed by atoms with Gasteiger partial charge in [0, 0.05) is 37.4 Å². The fourth-order valence-electron chi connectivity index (χ4n) is 5.19. The van der Waals surface area contributed by atoms with E-state index < -0.39 is 21.9 Å². The molecule has 4 aromatic rings. The number of benzene rings is 4. The molecule has 1 heterocycles. The Labute approximate surface area is 262 Å². The molecule has 1 aliphatic rings. The molecule has 1 saturated heterocycles. The van der Waals surface area contributed by atoms with E-state index in [4.69, 9.17) is 17.0 Å². The second kappa shape index (κ2) is 13.9. The number of rotatable bonds is 8. The van der Waals surface area contributed by atoms with Crippen molar-refractivity contribution < 1.29 is 22.7 Å². The number of carbonyl (C=O) groups excluding carboxylic acids is 2. The second-order valence-corrected chi connectivity index (χ2v) is 12.5. The Kier molecular flexibility index (Phi) is 9.81. The quantitative estimate of drug-likeness (QED) is 0.214. The molecule has 226 valence electrons. The van der Waals surface area contributed by atoms with E-state index in [-0.39, 0.29) is 27.2 Å². The molecular formula is C33H32N4O5S2. The third kappa shape index (κ3) is 7.20. The van der Waals surface area contributed by atoms with Gasteiger partial charge in [-0.25, -0.2) is 13.2 Å². The molecule has 0 saturated carbocycles. The molecule has 2 N–H and O–H groups in total. The summed E-state index contributed by atoms with van der Waals surface area (Å²) in [4.78, 5) is 26.9. The monoisotopic (exact) mass is 628 g/mol. The molecule has 1 amide bonds. The lowest BCUT2D eigenvalue weighted by Crippen LogP contribution is -2.49. The Morgan fingerprint density at radius 1 is 0.773 bits per heavy atom. The van der Waals surface area contributed by atoms with Gasteiger partial charge in [-0.1, -0.05) is 66.7 Å². The number of anilines is 1. The van der Waals surface area contributed by atoms with Gasteiger partial charge < -0.3 is 10.1 Å².